The zero-order valence-corrected chi connectivity index (χ0v) is 18.9. The number of nitro benzene ring substituents is 1. The molecule has 0 fully saturated rings. The van der Waals surface area contributed by atoms with Crippen LogP contribution in [0.3, 0.4) is 0 Å². The summed E-state index contributed by atoms with van der Waals surface area (Å²) in [6, 6.07) is 12.9. The highest BCUT2D eigenvalue weighted by molar-refractivity contribution is 9.10. The predicted molar refractivity (Wildman–Crippen MR) is 119 cm³/mol. The molecule has 0 aliphatic heterocycles. The maximum atomic E-state index is 13.2. The molecule has 1 N–H and O–H groups in total. The number of hydrogen-bond donors (Lipinski definition) is 1. The van der Waals surface area contributed by atoms with E-state index < -0.39 is 11.0 Å². The molecule has 0 heterocycles. The number of nitrogens with one attached hydrogen (secondary N) is 1. The molecule has 0 unspecified atom stereocenters. The normalized spacial score (nSPS) is 12.7. The fourth-order valence-electron chi connectivity index (χ4n) is 2.94. The third-order valence-electron chi connectivity index (χ3n) is 4.96. The van der Waals surface area contributed by atoms with Gasteiger partial charge < -0.3 is 10.2 Å². The summed E-state index contributed by atoms with van der Waals surface area (Å²) in [5.41, 5.74) is 1.08. The van der Waals surface area contributed by atoms with Crippen LogP contribution in [0.2, 0.25) is 0 Å². The summed E-state index contributed by atoms with van der Waals surface area (Å²) in [6.45, 7) is 5.77. The molecule has 0 saturated heterocycles. The highest BCUT2D eigenvalue weighted by Crippen LogP contribution is 2.21. The zero-order chi connectivity index (χ0) is 22.3. The summed E-state index contributed by atoms with van der Waals surface area (Å²) >= 11 is 3.39. The van der Waals surface area contributed by atoms with Crippen LogP contribution in [0.1, 0.15) is 38.3 Å². The molecule has 0 aliphatic rings. The van der Waals surface area contributed by atoms with Crippen molar-refractivity contribution in [2.45, 2.75) is 52.2 Å². The minimum atomic E-state index is -0.724. The Morgan fingerprint density at radius 2 is 1.77 bits per heavy atom. The van der Waals surface area contributed by atoms with Crippen LogP contribution in [0, 0.1) is 10.1 Å². The molecule has 2 aromatic rings. The van der Waals surface area contributed by atoms with Crippen LogP contribution < -0.4 is 5.32 Å². The van der Waals surface area contributed by atoms with Crippen molar-refractivity contribution in [3.63, 3.8) is 0 Å². The van der Waals surface area contributed by atoms with E-state index in [0.29, 0.717) is 5.56 Å². The van der Waals surface area contributed by atoms with Crippen molar-refractivity contribution in [2.75, 3.05) is 0 Å². The number of benzene rings is 2. The number of halogens is 1. The molecule has 0 spiro atoms. The number of rotatable bonds is 9. The molecule has 0 saturated carbocycles. The van der Waals surface area contributed by atoms with E-state index in [1.807, 2.05) is 38.1 Å². The Morgan fingerprint density at radius 3 is 2.37 bits per heavy atom. The fraction of sp³-hybridized carbons (Fsp3) is 0.364. The standard InChI is InChI=1S/C22H26BrN3O4/c1-4-15(2)24-22(28)16(3)25(14-17-9-11-19(23)12-10-17)21(27)13-18-7-5-6-8-20(18)26(29)30/h5-12,15-16H,4,13-14H2,1-3H3,(H,24,28)/t15-,16+/m0/s1. The quantitative estimate of drug-likeness (QED) is 0.433. The smallest absolute Gasteiger partial charge is 0.273 e. The van der Waals surface area contributed by atoms with Crippen molar-refractivity contribution in [1.29, 1.82) is 0 Å². The molecule has 8 heteroatoms. The Morgan fingerprint density at radius 1 is 1.13 bits per heavy atom. The second-order valence-electron chi connectivity index (χ2n) is 7.20. The molecule has 7 nitrogen and oxygen atoms in total. The van der Waals surface area contributed by atoms with Crippen molar-refractivity contribution in [1.82, 2.24) is 10.2 Å². The Labute approximate surface area is 184 Å². The molecule has 2 amide bonds. The minimum absolute atomic E-state index is 0.0141. The number of para-hydroxylation sites is 1. The van der Waals surface area contributed by atoms with Gasteiger partial charge in [0.25, 0.3) is 5.69 Å². The van der Waals surface area contributed by atoms with Gasteiger partial charge in [-0.2, -0.15) is 0 Å². The average molecular weight is 476 g/mol. The Hall–Kier alpha value is -2.74. The lowest BCUT2D eigenvalue weighted by molar-refractivity contribution is -0.385. The highest BCUT2D eigenvalue weighted by atomic mass is 79.9. The number of carbonyl (C=O) groups excluding carboxylic acids is 2. The van der Waals surface area contributed by atoms with Crippen LogP contribution in [0.4, 0.5) is 5.69 Å². The summed E-state index contributed by atoms with van der Waals surface area (Å²) in [6.07, 6.45) is 0.615. The molecule has 2 aromatic carbocycles. The number of nitrogens with zero attached hydrogens (tertiary/aromatic N) is 2. The van der Waals surface area contributed by atoms with Gasteiger partial charge in [-0.05, 0) is 38.0 Å². The molecular formula is C22H26BrN3O4. The van der Waals surface area contributed by atoms with Gasteiger partial charge in [0, 0.05) is 28.7 Å². The van der Waals surface area contributed by atoms with Crippen LogP contribution in [0.15, 0.2) is 53.0 Å². The van der Waals surface area contributed by atoms with Crippen molar-refractivity contribution in [2.24, 2.45) is 0 Å². The van der Waals surface area contributed by atoms with Crippen molar-refractivity contribution in [3.8, 4) is 0 Å². The summed E-state index contributed by atoms with van der Waals surface area (Å²) in [4.78, 5) is 38.2. The molecule has 2 rings (SSSR count). The van der Waals surface area contributed by atoms with Crippen LogP contribution >= 0.6 is 15.9 Å². The lowest BCUT2D eigenvalue weighted by atomic mass is 10.1. The number of nitro groups is 1. The predicted octanol–water partition coefficient (Wildman–Crippen LogP) is 4.23. The van der Waals surface area contributed by atoms with Gasteiger partial charge in [0.15, 0.2) is 0 Å². The summed E-state index contributed by atoms with van der Waals surface area (Å²) in [5.74, 6) is -0.601. The maximum absolute atomic E-state index is 13.2. The molecule has 0 aromatic heterocycles. The SMILES string of the molecule is CC[C@H](C)NC(=O)[C@@H](C)N(Cc1ccc(Br)cc1)C(=O)Cc1ccccc1[N+](=O)[O-]. The van der Waals surface area contributed by atoms with Gasteiger partial charge in [-0.25, -0.2) is 0 Å². The third-order valence-corrected chi connectivity index (χ3v) is 5.49. The molecular weight excluding hydrogens is 450 g/mol. The van der Waals surface area contributed by atoms with Crippen molar-refractivity contribution in [3.05, 3.63) is 74.2 Å². The third kappa shape index (κ3) is 6.38. The van der Waals surface area contributed by atoms with Gasteiger partial charge >= 0.3 is 0 Å². The first-order valence-electron chi connectivity index (χ1n) is 9.79. The number of amides is 2. The Bertz CT molecular complexity index is 902. The minimum Gasteiger partial charge on any atom is -0.352 e. The highest BCUT2D eigenvalue weighted by Gasteiger charge is 2.28. The van der Waals surface area contributed by atoms with Gasteiger partial charge in [-0.3, -0.25) is 19.7 Å². The van der Waals surface area contributed by atoms with E-state index >= 15 is 0 Å². The molecule has 30 heavy (non-hydrogen) atoms. The molecule has 160 valence electrons. The lowest BCUT2D eigenvalue weighted by Gasteiger charge is -2.29. The molecule has 2 atom stereocenters. The summed E-state index contributed by atoms with van der Waals surface area (Å²) < 4.78 is 0.909. The lowest BCUT2D eigenvalue weighted by Crippen LogP contribution is -2.49. The number of carbonyl (C=O) groups is 2. The first kappa shape index (κ1) is 23.5. The summed E-state index contributed by atoms with van der Waals surface area (Å²) in [5, 5.41) is 14.2. The maximum Gasteiger partial charge on any atom is 0.273 e. The van der Waals surface area contributed by atoms with Crippen LogP contribution in [-0.2, 0) is 22.6 Å². The fourth-order valence-corrected chi connectivity index (χ4v) is 3.20. The van der Waals surface area contributed by atoms with E-state index in [1.54, 1.807) is 25.1 Å². The van der Waals surface area contributed by atoms with Crippen LogP contribution in [-0.4, -0.2) is 33.7 Å². The van der Waals surface area contributed by atoms with E-state index in [1.165, 1.54) is 11.0 Å². The topological polar surface area (TPSA) is 92.6 Å². The largest absolute Gasteiger partial charge is 0.352 e. The van der Waals surface area contributed by atoms with E-state index in [4.69, 9.17) is 0 Å². The average Bonchev–Trinajstić information content (AvgIpc) is 2.72. The molecule has 0 bridgehead atoms. The monoisotopic (exact) mass is 475 g/mol. The number of hydrogen-bond acceptors (Lipinski definition) is 4. The van der Waals surface area contributed by atoms with Crippen molar-refractivity contribution >= 4 is 33.4 Å². The Kier molecular flexibility index (Phi) is 8.53. The second-order valence-corrected chi connectivity index (χ2v) is 8.12. The van der Waals surface area contributed by atoms with Crippen LogP contribution in [0.25, 0.3) is 0 Å². The van der Waals surface area contributed by atoms with E-state index in [0.717, 1.165) is 16.5 Å². The van der Waals surface area contributed by atoms with E-state index in [2.05, 4.69) is 21.2 Å². The van der Waals surface area contributed by atoms with Gasteiger partial charge in [0.2, 0.25) is 11.8 Å². The van der Waals surface area contributed by atoms with Gasteiger partial charge in [0.1, 0.15) is 6.04 Å². The first-order chi connectivity index (χ1) is 14.2. The van der Waals surface area contributed by atoms with Crippen molar-refractivity contribution < 1.29 is 14.5 Å². The van der Waals surface area contributed by atoms with Crippen LogP contribution in [0.5, 0.6) is 0 Å². The van der Waals surface area contributed by atoms with E-state index in [9.17, 15) is 19.7 Å². The Balaban J connectivity index is 2.29. The first-order valence-corrected chi connectivity index (χ1v) is 10.6. The molecule has 0 radical (unpaired) electrons. The van der Waals surface area contributed by atoms with E-state index in [-0.39, 0.29) is 36.5 Å². The molecule has 0 aliphatic carbocycles. The summed E-state index contributed by atoms with van der Waals surface area (Å²) in [7, 11) is 0. The van der Waals surface area contributed by atoms with Gasteiger partial charge in [-0.15, -0.1) is 0 Å². The zero-order valence-electron chi connectivity index (χ0n) is 17.3. The van der Waals surface area contributed by atoms with Gasteiger partial charge in [-0.1, -0.05) is 53.2 Å². The second kappa shape index (κ2) is 10.9. The van der Waals surface area contributed by atoms with Gasteiger partial charge in [0.05, 0.1) is 11.3 Å².